The number of ether oxygens (including phenoxy) is 2. The highest BCUT2D eigenvalue weighted by Gasteiger charge is 2.08. The molecule has 8 heteroatoms. The van der Waals surface area contributed by atoms with Crippen molar-refractivity contribution in [2.75, 3.05) is 33.4 Å². The van der Waals surface area contributed by atoms with Crippen LogP contribution in [-0.4, -0.2) is 45.2 Å². The first-order valence-electron chi connectivity index (χ1n) is 7.01. The van der Waals surface area contributed by atoms with Crippen molar-refractivity contribution in [1.82, 2.24) is 10.6 Å². The number of aryl methyl sites for hydroxylation is 1. The Bertz CT molecular complexity index is 511. The third kappa shape index (κ3) is 8.39. The Morgan fingerprint density at radius 1 is 1.17 bits per heavy atom. The Hall–Kier alpha value is -1.83. The zero-order valence-electron chi connectivity index (χ0n) is 13.4. The van der Waals surface area contributed by atoms with E-state index in [0.717, 1.165) is 11.1 Å². The van der Waals surface area contributed by atoms with E-state index in [1.807, 2.05) is 25.1 Å². The van der Waals surface area contributed by atoms with Crippen LogP contribution in [0.3, 0.4) is 0 Å². The largest absolute Gasteiger partial charge is 0.491 e. The van der Waals surface area contributed by atoms with E-state index in [1.54, 1.807) is 7.11 Å². The number of nitrogens with two attached hydrogens (primary N) is 1. The second kappa shape index (κ2) is 11.7. The molecule has 23 heavy (non-hydrogen) atoms. The van der Waals surface area contributed by atoms with E-state index in [4.69, 9.17) is 15.2 Å². The molecular weight excluding hydrogens is 322 g/mol. The lowest BCUT2D eigenvalue weighted by Crippen LogP contribution is -2.39. The molecule has 4 N–H and O–H groups in total. The van der Waals surface area contributed by atoms with Crippen LogP contribution in [0.4, 0.5) is 0 Å². The van der Waals surface area contributed by atoms with Gasteiger partial charge >= 0.3 is 0 Å². The van der Waals surface area contributed by atoms with E-state index in [9.17, 15) is 9.59 Å². The summed E-state index contributed by atoms with van der Waals surface area (Å²) < 4.78 is 10.6. The van der Waals surface area contributed by atoms with Crippen molar-refractivity contribution >= 4 is 24.2 Å². The first-order chi connectivity index (χ1) is 10.6. The molecule has 7 nitrogen and oxygen atoms in total. The lowest BCUT2D eigenvalue weighted by Gasteiger charge is -2.13. The van der Waals surface area contributed by atoms with Crippen LogP contribution in [0.5, 0.6) is 5.75 Å². The number of hydrogen-bond acceptors (Lipinski definition) is 5. The zero-order valence-corrected chi connectivity index (χ0v) is 14.2. The van der Waals surface area contributed by atoms with E-state index < -0.39 is 0 Å². The lowest BCUT2D eigenvalue weighted by molar-refractivity contribution is -0.125. The van der Waals surface area contributed by atoms with E-state index in [-0.39, 0.29) is 37.3 Å². The Morgan fingerprint density at radius 2 is 1.91 bits per heavy atom. The Balaban J connectivity index is 0.00000484. The molecule has 0 unspecified atom stereocenters. The van der Waals surface area contributed by atoms with Crippen molar-refractivity contribution in [2.24, 2.45) is 5.73 Å². The molecule has 0 aliphatic rings. The highest BCUT2D eigenvalue weighted by molar-refractivity contribution is 5.85. The second-order valence-corrected chi connectivity index (χ2v) is 4.71. The van der Waals surface area contributed by atoms with Gasteiger partial charge in [0.05, 0.1) is 19.7 Å². The quantitative estimate of drug-likeness (QED) is 0.552. The SMILES string of the molecule is COCCOc1cc(C)ccc1CNC(=O)CNC(=O)CN.Cl. The van der Waals surface area contributed by atoms with Gasteiger partial charge in [0.25, 0.3) is 0 Å². The molecule has 0 aromatic heterocycles. The molecule has 0 saturated heterocycles. The molecule has 130 valence electrons. The number of benzene rings is 1. The number of methoxy groups -OCH3 is 1. The van der Waals surface area contributed by atoms with Crippen LogP contribution in [0.25, 0.3) is 0 Å². The molecule has 2 amide bonds. The summed E-state index contributed by atoms with van der Waals surface area (Å²) in [6, 6.07) is 5.75. The summed E-state index contributed by atoms with van der Waals surface area (Å²) in [5.41, 5.74) is 7.07. The summed E-state index contributed by atoms with van der Waals surface area (Å²) in [6.45, 7) is 2.98. The maximum atomic E-state index is 11.6. The van der Waals surface area contributed by atoms with Crippen LogP contribution >= 0.6 is 12.4 Å². The number of halogens is 1. The normalized spacial score (nSPS) is 9.70. The summed E-state index contributed by atoms with van der Waals surface area (Å²) in [5.74, 6) is 0.0580. The predicted molar refractivity (Wildman–Crippen MR) is 89.7 cm³/mol. The van der Waals surface area contributed by atoms with Gasteiger partial charge in [0, 0.05) is 19.2 Å². The highest BCUT2D eigenvalue weighted by Crippen LogP contribution is 2.20. The van der Waals surface area contributed by atoms with Crippen LogP contribution in [-0.2, 0) is 20.9 Å². The Morgan fingerprint density at radius 3 is 2.57 bits per heavy atom. The molecule has 0 atom stereocenters. The molecule has 0 fully saturated rings. The van der Waals surface area contributed by atoms with Gasteiger partial charge in [-0.2, -0.15) is 0 Å². The zero-order chi connectivity index (χ0) is 16.4. The first-order valence-corrected chi connectivity index (χ1v) is 7.01. The van der Waals surface area contributed by atoms with E-state index >= 15 is 0 Å². The highest BCUT2D eigenvalue weighted by atomic mass is 35.5. The van der Waals surface area contributed by atoms with Crippen molar-refractivity contribution < 1.29 is 19.1 Å². The molecule has 1 aromatic rings. The number of carbonyl (C=O) groups excluding carboxylic acids is 2. The minimum atomic E-state index is -0.367. The summed E-state index contributed by atoms with van der Waals surface area (Å²) >= 11 is 0. The maximum Gasteiger partial charge on any atom is 0.239 e. The summed E-state index contributed by atoms with van der Waals surface area (Å²) in [7, 11) is 1.61. The monoisotopic (exact) mass is 345 g/mol. The molecule has 0 bridgehead atoms. The number of carbonyl (C=O) groups is 2. The number of rotatable bonds is 9. The summed E-state index contributed by atoms with van der Waals surface area (Å²) in [4.78, 5) is 22.6. The minimum absolute atomic E-state index is 0. The van der Waals surface area contributed by atoms with Crippen LogP contribution in [0.2, 0.25) is 0 Å². The van der Waals surface area contributed by atoms with Gasteiger partial charge in [-0.05, 0) is 18.6 Å². The third-order valence-electron chi connectivity index (χ3n) is 2.88. The average Bonchev–Trinajstić information content (AvgIpc) is 2.52. The molecule has 0 spiro atoms. The fraction of sp³-hybridized carbons (Fsp3) is 0.467. The minimum Gasteiger partial charge on any atom is -0.491 e. The fourth-order valence-electron chi connectivity index (χ4n) is 1.68. The van der Waals surface area contributed by atoms with Crippen LogP contribution < -0.4 is 21.1 Å². The van der Waals surface area contributed by atoms with Gasteiger partial charge in [0.1, 0.15) is 12.4 Å². The van der Waals surface area contributed by atoms with E-state index in [2.05, 4.69) is 10.6 Å². The molecule has 0 aliphatic heterocycles. The van der Waals surface area contributed by atoms with Crippen molar-refractivity contribution in [3.63, 3.8) is 0 Å². The summed E-state index contributed by atoms with van der Waals surface area (Å²) in [5, 5.41) is 5.13. The van der Waals surface area contributed by atoms with Gasteiger partial charge in [0.15, 0.2) is 0 Å². The molecule has 0 aliphatic carbocycles. The molecule has 0 heterocycles. The predicted octanol–water partition coefficient (Wildman–Crippen LogP) is 0.133. The van der Waals surface area contributed by atoms with Gasteiger partial charge < -0.3 is 25.8 Å². The van der Waals surface area contributed by atoms with Gasteiger partial charge in [-0.15, -0.1) is 12.4 Å². The number of amides is 2. The van der Waals surface area contributed by atoms with Gasteiger partial charge in [0.2, 0.25) is 11.8 Å². The van der Waals surface area contributed by atoms with Crippen molar-refractivity contribution in [1.29, 1.82) is 0 Å². The molecular formula is C15H24ClN3O4. The van der Waals surface area contributed by atoms with Crippen LogP contribution in [0.15, 0.2) is 18.2 Å². The van der Waals surface area contributed by atoms with Crippen molar-refractivity contribution in [3.8, 4) is 5.75 Å². The molecule has 1 aromatic carbocycles. The maximum absolute atomic E-state index is 11.6. The lowest BCUT2D eigenvalue weighted by atomic mass is 10.1. The van der Waals surface area contributed by atoms with Gasteiger partial charge in [-0.3, -0.25) is 9.59 Å². The fourth-order valence-corrected chi connectivity index (χ4v) is 1.68. The van der Waals surface area contributed by atoms with Gasteiger partial charge in [-0.25, -0.2) is 0 Å². The number of nitrogens with one attached hydrogen (secondary N) is 2. The topological polar surface area (TPSA) is 103 Å². The van der Waals surface area contributed by atoms with E-state index in [0.29, 0.717) is 25.5 Å². The Labute approximate surface area is 142 Å². The second-order valence-electron chi connectivity index (χ2n) is 4.71. The third-order valence-corrected chi connectivity index (χ3v) is 2.88. The average molecular weight is 346 g/mol. The van der Waals surface area contributed by atoms with E-state index in [1.165, 1.54) is 0 Å². The molecule has 0 radical (unpaired) electrons. The van der Waals surface area contributed by atoms with Gasteiger partial charge in [-0.1, -0.05) is 12.1 Å². The van der Waals surface area contributed by atoms with Crippen molar-refractivity contribution in [3.05, 3.63) is 29.3 Å². The Kier molecular flexibility index (Phi) is 10.8. The molecule has 1 rings (SSSR count). The number of hydrogen-bond donors (Lipinski definition) is 3. The van der Waals surface area contributed by atoms with Crippen LogP contribution in [0.1, 0.15) is 11.1 Å². The first kappa shape index (κ1) is 21.2. The van der Waals surface area contributed by atoms with Crippen LogP contribution in [0, 0.1) is 6.92 Å². The smallest absolute Gasteiger partial charge is 0.239 e. The standard InChI is InChI=1S/C15H23N3O4.ClH/c1-11-3-4-12(13(7-11)22-6-5-21-2)9-17-15(20)10-18-14(19)8-16;/h3-4,7H,5-6,8-10,16H2,1-2H3,(H,17,20)(H,18,19);1H. The summed E-state index contributed by atoms with van der Waals surface area (Å²) in [6.07, 6.45) is 0. The molecule has 0 saturated carbocycles. The van der Waals surface area contributed by atoms with Crippen molar-refractivity contribution in [2.45, 2.75) is 13.5 Å².